The molecular weight excluding hydrogens is 317 g/mol. The molecule has 1 heterocycles. The van der Waals surface area contributed by atoms with Gasteiger partial charge in [-0.25, -0.2) is 9.59 Å². The van der Waals surface area contributed by atoms with Crippen molar-refractivity contribution in [1.82, 2.24) is 10.3 Å². The first kappa shape index (κ1) is 18.7. The second-order valence-electron chi connectivity index (χ2n) is 5.78. The molecule has 0 saturated carbocycles. The molecule has 0 aliphatic heterocycles. The molecule has 1 amide bonds. The van der Waals surface area contributed by atoms with E-state index in [-0.39, 0.29) is 12.1 Å². The highest BCUT2D eigenvalue weighted by atomic mass is 19.4. The number of aromatic nitrogens is 1. The molecule has 1 rings (SSSR count). The fourth-order valence-electron chi connectivity index (χ4n) is 1.57. The third-order valence-electron chi connectivity index (χ3n) is 2.55. The van der Waals surface area contributed by atoms with Crippen LogP contribution in [0.25, 0.3) is 0 Å². The van der Waals surface area contributed by atoms with Crippen molar-refractivity contribution < 1.29 is 32.6 Å². The van der Waals surface area contributed by atoms with Crippen molar-refractivity contribution in [3.05, 3.63) is 29.6 Å². The number of rotatable bonds is 4. The Morgan fingerprint density at radius 3 is 2.30 bits per heavy atom. The summed E-state index contributed by atoms with van der Waals surface area (Å²) in [6.07, 6.45) is -5.11. The molecule has 0 aromatic carbocycles. The number of carboxylic acid groups (broad SMARTS) is 1. The zero-order valence-electron chi connectivity index (χ0n) is 12.8. The van der Waals surface area contributed by atoms with Crippen LogP contribution in [0.1, 0.15) is 32.0 Å². The zero-order chi connectivity index (χ0) is 17.8. The maximum Gasteiger partial charge on any atom is 0.417 e. The average Bonchev–Trinajstić information content (AvgIpc) is 2.35. The maximum absolute atomic E-state index is 12.4. The number of alkyl carbamates (subject to hydrolysis) is 1. The number of nitrogens with one attached hydrogen (secondary N) is 1. The lowest BCUT2D eigenvalue weighted by molar-refractivity contribution is -0.140. The van der Waals surface area contributed by atoms with Gasteiger partial charge in [0, 0.05) is 18.3 Å². The molecular formula is C14H17F3N2O4. The van der Waals surface area contributed by atoms with Crippen LogP contribution in [0, 0.1) is 0 Å². The summed E-state index contributed by atoms with van der Waals surface area (Å²) in [6.45, 7) is 4.83. The minimum atomic E-state index is -4.52. The van der Waals surface area contributed by atoms with Crippen LogP contribution in [-0.4, -0.2) is 33.8 Å². The third kappa shape index (κ3) is 6.54. The van der Waals surface area contributed by atoms with Gasteiger partial charge in [0.05, 0.1) is 5.56 Å². The van der Waals surface area contributed by atoms with E-state index < -0.39 is 35.4 Å². The SMILES string of the molecule is CC(C)(C)OC(=O)N[C@@H](Cc1ccc(C(F)(F)F)cn1)C(=O)O. The monoisotopic (exact) mass is 334 g/mol. The largest absolute Gasteiger partial charge is 0.480 e. The predicted molar refractivity (Wildman–Crippen MR) is 73.7 cm³/mol. The number of carbonyl (C=O) groups is 2. The average molecular weight is 334 g/mol. The van der Waals surface area contributed by atoms with Crippen molar-refractivity contribution in [3.8, 4) is 0 Å². The van der Waals surface area contributed by atoms with Gasteiger partial charge in [0.2, 0.25) is 0 Å². The Labute approximate surface area is 130 Å². The number of amides is 1. The Kier molecular flexibility index (Phi) is 5.57. The van der Waals surface area contributed by atoms with Crippen molar-refractivity contribution in [1.29, 1.82) is 0 Å². The Bertz CT molecular complexity index is 565. The van der Waals surface area contributed by atoms with Crippen LogP contribution in [0.3, 0.4) is 0 Å². The number of ether oxygens (including phenoxy) is 1. The second-order valence-corrected chi connectivity index (χ2v) is 5.78. The van der Waals surface area contributed by atoms with Crippen molar-refractivity contribution in [2.75, 3.05) is 0 Å². The molecule has 23 heavy (non-hydrogen) atoms. The first-order valence-electron chi connectivity index (χ1n) is 6.63. The van der Waals surface area contributed by atoms with E-state index in [9.17, 15) is 22.8 Å². The number of carboxylic acids is 1. The number of nitrogens with zero attached hydrogens (tertiary/aromatic N) is 1. The first-order valence-corrected chi connectivity index (χ1v) is 6.63. The van der Waals surface area contributed by atoms with Crippen molar-refractivity contribution in [2.24, 2.45) is 0 Å². The van der Waals surface area contributed by atoms with Gasteiger partial charge in [-0.05, 0) is 32.9 Å². The predicted octanol–water partition coefficient (Wildman–Crippen LogP) is 2.62. The maximum atomic E-state index is 12.4. The fraction of sp³-hybridized carbons (Fsp3) is 0.500. The van der Waals surface area contributed by atoms with Crippen LogP contribution in [0.5, 0.6) is 0 Å². The molecule has 0 spiro atoms. The van der Waals surface area contributed by atoms with Gasteiger partial charge in [0.1, 0.15) is 11.6 Å². The second kappa shape index (κ2) is 6.84. The lowest BCUT2D eigenvalue weighted by Crippen LogP contribution is -2.44. The van der Waals surface area contributed by atoms with Crippen molar-refractivity contribution in [3.63, 3.8) is 0 Å². The lowest BCUT2D eigenvalue weighted by atomic mass is 10.1. The van der Waals surface area contributed by atoms with E-state index in [0.717, 1.165) is 12.1 Å². The smallest absolute Gasteiger partial charge is 0.417 e. The molecule has 1 aromatic rings. The molecule has 6 nitrogen and oxygen atoms in total. The van der Waals surface area contributed by atoms with Crippen LogP contribution in [0.15, 0.2) is 18.3 Å². The van der Waals surface area contributed by atoms with Crippen molar-refractivity contribution >= 4 is 12.1 Å². The summed E-state index contributed by atoms with van der Waals surface area (Å²) in [7, 11) is 0. The molecule has 2 N–H and O–H groups in total. The Balaban J connectivity index is 2.77. The highest BCUT2D eigenvalue weighted by molar-refractivity contribution is 5.80. The summed E-state index contributed by atoms with van der Waals surface area (Å²) in [4.78, 5) is 26.3. The van der Waals surface area contributed by atoms with Crippen LogP contribution < -0.4 is 5.32 Å². The first-order chi connectivity index (χ1) is 10.4. The van der Waals surface area contributed by atoms with E-state index in [4.69, 9.17) is 9.84 Å². The van der Waals surface area contributed by atoms with Gasteiger partial charge in [-0.3, -0.25) is 4.98 Å². The Morgan fingerprint density at radius 2 is 1.91 bits per heavy atom. The summed E-state index contributed by atoms with van der Waals surface area (Å²) in [5.74, 6) is -1.35. The Hall–Kier alpha value is -2.32. The molecule has 0 fully saturated rings. The molecule has 1 atom stereocenters. The minimum absolute atomic E-state index is 0.0986. The molecule has 0 unspecified atom stereocenters. The number of hydrogen-bond acceptors (Lipinski definition) is 4. The molecule has 1 aromatic heterocycles. The lowest BCUT2D eigenvalue weighted by Gasteiger charge is -2.21. The summed E-state index contributed by atoms with van der Waals surface area (Å²) in [6, 6.07) is 0.499. The van der Waals surface area contributed by atoms with Gasteiger partial charge in [-0.2, -0.15) is 13.2 Å². The molecule has 128 valence electrons. The topological polar surface area (TPSA) is 88.5 Å². The number of aliphatic carboxylic acids is 1. The number of hydrogen-bond donors (Lipinski definition) is 2. The van der Waals surface area contributed by atoms with E-state index >= 15 is 0 Å². The van der Waals surface area contributed by atoms with E-state index in [2.05, 4.69) is 10.3 Å². The quantitative estimate of drug-likeness (QED) is 0.884. The Morgan fingerprint density at radius 1 is 1.30 bits per heavy atom. The number of alkyl halides is 3. The molecule has 9 heteroatoms. The van der Waals surface area contributed by atoms with Crippen LogP contribution in [0.4, 0.5) is 18.0 Å². The van der Waals surface area contributed by atoms with Gasteiger partial charge >= 0.3 is 18.2 Å². The molecule has 0 aliphatic rings. The van der Waals surface area contributed by atoms with Crippen molar-refractivity contribution in [2.45, 2.75) is 45.0 Å². The zero-order valence-corrected chi connectivity index (χ0v) is 12.8. The van der Waals surface area contributed by atoms with Gasteiger partial charge < -0.3 is 15.2 Å². The highest BCUT2D eigenvalue weighted by Crippen LogP contribution is 2.28. The van der Waals surface area contributed by atoms with Crippen LogP contribution in [-0.2, 0) is 22.1 Å². The number of halogens is 3. The highest BCUT2D eigenvalue weighted by Gasteiger charge is 2.31. The third-order valence-corrected chi connectivity index (χ3v) is 2.55. The normalized spacial score (nSPS) is 13.3. The van der Waals surface area contributed by atoms with Gasteiger partial charge in [0.15, 0.2) is 0 Å². The number of carbonyl (C=O) groups excluding carboxylic acids is 1. The van der Waals surface area contributed by atoms with E-state index in [0.29, 0.717) is 6.20 Å². The molecule has 0 aliphatic carbocycles. The summed E-state index contributed by atoms with van der Waals surface area (Å²) < 4.78 is 42.2. The van der Waals surface area contributed by atoms with E-state index in [1.807, 2.05) is 0 Å². The number of pyridine rings is 1. The van der Waals surface area contributed by atoms with E-state index in [1.165, 1.54) is 0 Å². The van der Waals surface area contributed by atoms with Gasteiger partial charge in [0.25, 0.3) is 0 Å². The fourth-order valence-corrected chi connectivity index (χ4v) is 1.57. The van der Waals surface area contributed by atoms with E-state index in [1.54, 1.807) is 20.8 Å². The summed E-state index contributed by atoms with van der Waals surface area (Å²) in [5.41, 5.74) is -1.64. The summed E-state index contributed by atoms with van der Waals surface area (Å²) >= 11 is 0. The molecule has 0 saturated heterocycles. The van der Waals surface area contributed by atoms with Crippen LogP contribution in [0.2, 0.25) is 0 Å². The van der Waals surface area contributed by atoms with Crippen LogP contribution >= 0.6 is 0 Å². The standard InChI is InChI=1S/C14H17F3N2O4/c1-13(2,3)23-12(22)19-10(11(20)21)6-9-5-4-8(7-18-9)14(15,16)17/h4-5,7,10H,6H2,1-3H3,(H,19,22)(H,20,21)/t10-/m0/s1. The van der Waals surface area contributed by atoms with Gasteiger partial charge in [-0.1, -0.05) is 0 Å². The molecule has 0 bridgehead atoms. The minimum Gasteiger partial charge on any atom is -0.480 e. The van der Waals surface area contributed by atoms with Gasteiger partial charge in [-0.15, -0.1) is 0 Å². The molecule has 0 radical (unpaired) electrons. The summed E-state index contributed by atoms with van der Waals surface area (Å²) in [5, 5.41) is 11.2.